The van der Waals surface area contributed by atoms with Gasteiger partial charge >= 0.3 is 0 Å². The number of aromatic hydroxyl groups is 1. The van der Waals surface area contributed by atoms with Crippen molar-refractivity contribution in [1.82, 2.24) is 20.3 Å². The van der Waals surface area contributed by atoms with Crippen LogP contribution >= 0.6 is 0 Å². The van der Waals surface area contributed by atoms with E-state index in [0.717, 1.165) is 5.56 Å². The highest BCUT2D eigenvalue weighted by molar-refractivity contribution is 5.92. The molecule has 1 amide bonds. The van der Waals surface area contributed by atoms with Crippen LogP contribution in [0, 0.1) is 0 Å². The molecule has 1 aromatic carbocycles. The van der Waals surface area contributed by atoms with Crippen molar-refractivity contribution in [1.29, 1.82) is 0 Å². The van der Waals surface area contributed by atoms with E-state index in [9.17, 15) is 9.90 Å². The highest BCUT2D eigenvalue weighted by atomic mass is 16.3. The summed E-state index contributed by atoms with van der Waals surface area (Å²) in [6.45, 7) is 4.36. The van der Waals surface area contributed by atoms with Crippen molar-refractivity contribution in [2.45, 2.75) is 19.9 Å². The Hall–Kier alpha value is -2.37. The predicted octanol–water partition coefficient (Wildman–Crippen LogP) is 1.73. The molecule has 0 saturated carbocycles. The van der Waals surface area contributed by atoms with Crippen LogP contribution in [0.4, 0.5) is 0 Å². The summed E-state index contributed by atoms with van der Waals surface area (Å²) >= 11 is 0. The Morgan fingerprint density at radius 2 is 2.32 bits per heavy atom. The summed E-state index contributed by atoms with van der Waals surface area (Å²) in [5.74, 6) is 0.00128. The molecule has 0 radical (unpaired) electrons. The lowest BCUT2D eigenvalue weighted by atomic mass is 10.1. The Bertz CT molecular complexity index is 554. The number of amides is 1. The second kappa shape index (κ2) is 5.51. The number of benzene rings is 1. The van der Waals surface area contributed by atoms with Crippen molar-refractivity contribution in [3.05, 3.63) is 41.7 Å². The topological polar surface area (TPSA) is 82.1 Å². The first-order chi connectivity index (χ1) is 9.13. The van der Waals surface area contributed by atoms with Crippen molar-refractivity contribution in [3.8, 4) is 5.75 Å². The molecule has 19 heavy (non-hydrogen) atoms. The van der Waals surface area contributed by atoms with E-state index < -0.39 is 0 Å². The molecule has 0 saturated heterocycles. The molecule has 1 atom stereocenters. The molecule has 6 heteroatoms. The van der Waals surface area contributed by atoms with Crippen LogP contribution < -0.4 is 0 Å². The van der Waals surface area contributed by atoms with Gasteiger partial charge in [-0.15, -0.1) is 0 Å². The summed E-state index contributed by atoms with van der Waals surface area (Å²) in [6, 6.07) is 6.75. The molecule has 100 valence electrons. The second-order valence-electron chi connectivity index (χ2n) is 4.22. The molecule has 0 fully saturated rings. The van der Waals surface area contributed by atoms with E-state index in [4.69, 9.17) is 0 Å². The Labute approximate surface area is 111 Å². The number of phenols is 1. The molecule has 2 N–H and O–H groups in total. The molecule has 6 nitrogen and oxygen atoms in total. The molecule has 0 aliphatic rings. The Kier molecular flexibility index (Phi) is 3.79. The molecule has 1 heterocycles. The minimum atomic E-state index is -0.188. The van der Waals surface area contributed by atoms with Crippen molar-refractivity contribution >= 4 is 5.91 Å². The molecular weight excluding hydrogens is 244 g/mol. The first kappa shape index (κ1) is 13.1. The van der Waals surface area contributed by atoms with Gasteiger partial charge in [0, 0.05) is 6.54 Å². The first-order valence-electron chi connectivity index (χ1n) is 6.09. The zero-order valence-corrected chi connectivity index (χ0v) is 10.9. The quantitative estimate of drug-likeness (QED) is 0.877. The third-order valence-corrected chi connectivity index (χ3v) is 3.06. The number of H-pyrrole nitrogens is 1. The van der Waals surface area contributed by atoms with Crippen molar-refractivity contribution in [2.24, 2.45) is 0 Å². The number of phenolic OH excluding ortho intramolecular Hbond substituents is 1. The fraction of sp³-hybridized carbons (Fsp3) is 0.308. The number of rotatable bonds is 4. The lowest BCUT2D eigenvalue weighted by molar-refractivity contribution is 0.0696. The smallest absolute Gasteiger partial charge is 0.276 e. The maximum absolute atomic E-state index is 12.3. The molecule has 0 spiro atoms. The van der Waals surface area contributed by atoms with E-state index in [1.54, 1.807) is 23.1 Å². The Balaban J connectivity index is 2.24. The van der Waals surface area contributed by atoms with Gasteiger partial charge in [0.1, 0.15) is 5.75 Å². The minimum absolute atomic E-state index is 0.152. The van der Waals surface area contributed by atoms with E-state index in [1.807, 2.05) is 19.9 Å². The van der Waals surface area contributed by atoms with E-state index in [0.29, 0.717) is 6.54 Å². The maximum atomic E-state index is 12.3. The van der Waals surface area contributed by atoms with Gasteiger partial charge in [-0.25, -0.2) is 0 Å². The lowest BCUT2D eigenvalue weighted by Gasteiger charge is -2.27. The van der Waals surface area contributed by atoms with Crippen LogP contribution in [0.15, 0.2) is 30.5 Å². The molecular formula is C13H16N4O2. The third-order valence-electron chi connectivity index (χ3n) is 3.06. The van der Waals surface area contributed by atoms with Gasteiger partial charge in [-0.1, -0.05) is 12.1 Å². The highest BCUT2D eigenvalue weighted by Gasteiger charge is 2.23. The number of hydrogen-bond donors (Lipinski definition) is 2. The number of nitrogens with zero attached hydrogens (tertiary/aromatic N) is 3. The molecule has 0 aliphatic carbocycles. The monoisotopic (exact) mass is 260 g/mol. The SMILES string of the molecule is CCN(C(=O)c1cn[nH]n1)C(C)c1cccc(O)c1. The van der Waals surface area contributed by atoms with E-state index in [-0.39, 0.29) is 23.4 Å². The number of hydrogen-bond acceptors (Lipinski definition) is 4. The second-order valence-corrected chi connectivity index (χ2v) is 4.22. The zero-order valence-electron chi connectivity index (χ0n) is 10.9. The Morgan fingerprint density at radius 1 is 1.53 bits per heavy atom. The highest BCUT2D eigenvalue weighted by Crippen LogP contribution is 2.24. The number of carbonyl (C=O) groups is 1. The number of aromatic nitrogens is 3. The van der Waals surface area contributed by atoms with Crippen LogP contribution in [-0.4, -0.2) is 37.9 Å². The van der Waals surface area contributed by atoms with Gasteiger partial charge in [0.05, 0.1) is 12.2 Å². The average Bonchev–Trinajstić information content (AvgIpc) is 2.93. The van der Waals surface area contributed by atoms with Gasteiger partial charge in [-0.3, -0.25) is 4.79 Å². The summed E-state index contributed by atoms with van der Waals surface area (Å²) in [7, 11) is 0. The summed E-state index contributed by atoms with van der Waals surface area (Å²) in [5.41, 5.74) is 1.16. The van der Waals surface area contributed by atoms with Crippen LogP contribution in [0.2, 0.25) is 0 Å². The fourth-order valence-electron chi connectivity index (χ4n) is 2.01. The standard InChI is InChI=1S/C13H16N4O2/c1-3-17(13(19)12-8-14-16-15-12)9(2)10-5-4-6-11(18)7-10/h4-9,18H,3H2,1-2H3,(H,14,15,16). The maximum Gasteiger partial charge on any atom is 0.276 e. The summed E-state index contributed by atoms with van der Waals surface area (Å²) in [6.07, 6.45) is 1.40. The number of carbonyl (C=O) groups excluding carboxylic acids is 1. The minimum Gasteiger partial charge on any atom is -0.508 e. The fourth-order valence-corrected chi connectivity index (χ4v) is 2.01. The zero-order chi connectivity index (χ0) is 13.8. The summed E-state index contributed by atoms with van der Waals surface area (Å²) in [5, 5.41) is 19.4. The van der Waals surface area contributed by atoms with Gasteiger partial charge in [0.2, 0.25) is 0 Å². The molecule has 0 bridgehead atoms. The van der Waals surface area contributed by atoms with E-state index >= 15 is 0 Å². The largest absolute Gasteiger partial charge is 0.508 e. The predicted molar refractivity (Wildman–Crippen MR) is 69.6 cm³/mol. The molecule has 1 unspecified atom stereocenters. The molecule has 2 aromatic rings. The van der Waals surface area contributed by atoms with E-state index in [2.05, 4.69) is 15.4 Å². The molecule has 1 aromatic heterocycles. The van der Waals surface area contributed by atoms with Gasteiger partial charge in [0.15, 0.2) is 5.69 Å². The number of aromatic amines is 1. The van der Waals surface area contributed by atoms with Crippen LogP contribution in [0.3, 0.4) is 0 Å². The number of nitrogens with one attached hydrogen (secondary N) is 1. The van der Waals surface area contributed by atoms with Crippen LogP contribution in [0.1, 0.15) is 35.9 Å². The van der Waals surface area contributed by atoms with Crippen LogP contribution in [0.5, 0.6) is 5.75 Å². The van der Waals surface area contributed by atoms with Crippen molar-refractivity contribution in [3.63, 3.8) is 0 Å². The molecule has 2 rings (SSSR count). The van der Waals surface area contributed by atoms with Gasteiger partial charge < -0.3 is 10.0 Å². The van der Waals surface area contributed by atoms with Crippen molar-refractivity contribution < 1.29 is 9.90 Å². The lowest BCUT2D eigenvalue weighted by Crippen LogP contribution is -2.33. The van der Waals surface area contributed by atoms with Gasteiger partial charge in [0.25, 0.3) is 5.91 Å². The summed E-state index contributed by atoms with van der Waals surface area (Å²) in [4.78, 5) is 14.0. The Morgan fingerprint density at radius 3 is 2.89 bits per heavy atom. The average molecular weight is 260 g/mol. The normalized spacial score (nSPS) is 12.1. The summed E-state index contributed by atoms with van der Waals surface area (Å²) < 4.78 is 0. The third kappa shape index (κ3) is 2.73. The first-order valence-corrected chi connectivity index (χ1v) is 6.09. The van der Waals surface area contributed by atoms with Crippen LogP contribution in [0.25, 0.3) is 0 Å². The van der Waals surface area contributed by atoms with Gasteiger partial charge in [-0.2, -0.15) is 15.4 Å². The van der Waals surface area contributed by atoms with Crippen LogP contribution in [-0.2, 0) is 0 Å². The molecule has 0 aliphatic heterocycles. The van der Waals surface area contributed by atoms with Gasteiger partial charge in [-0.05, 0) is 31.5 Å². The van der Waals surface area contributed by atoms with E-state index in [1.165, 1.54) is 6.20 Å². The van der Waals surface area contributed by atoms with Crippen molar-refractivity contribution in [2.75, 3.05) is 6.54 Å².